The summed E-state index contributed by atoms with van der Waals surface area (Å²) in [4.78, 5) is 28.5. The number of carbonyl (C=O) groups excluding carboxylic acids is 1. The average molecular weight is 382 g/mol. The van der Waals surface area contributed by atoms with E-state index in [1.165, 1.54) is 11.5 Å². The maximum absolute atomic E-state index is 12.9. The van der Waals surface area contributed by atoms with Crippen LogP contribution in [0.4, 0.5) is 0 Å². The van der Waals surface area contributed by atoms with Crippen molar-refractivity contribution in [2.75, 3.05) is 38.2 Å². The Balaban J connectivity index is 2.35. The van der Waals surface area contributed by atoms with Crippen LogP contribution in [0.3, 0.4) is 0 Å². The maximum Gasteiger partial charge on any atom is 0.303 e. The molecule has 0 aliphatic rings. The van der Waals surface area contributed by atoms with E-state index in [2.05, 4.69) is 23.8 Å². The Morgan fingerprint density at radius 2 is 2.00 bits per heavy atom. The third-order valence-electron chi connectivity index (χ3n) is 3.71. The highest BCUT2D eigenvalue weighted by Gasteiger charge is 2.14. The first-order chi connectivity index (χ1) is 12.2. The zero-order valence-electron chi connectivity index (χ0n) is 15.9. The molecule has 0 aliphatic heterocycles. The molecule has 0 fully saturated rings. The second-order valence-corrected chi connectivity index (χ2v) is 11.3. The van der Waals surface area contributed by atoms with E-state index in [4.69, 9.17) is 14.2 Å². The fraction of sp³-hybridized carbons (Fsp3) is 0.500. The number of hydrogen-bond donors (Lipinski definition) is 0. The van der Waals surface area contributed by atoms with Crippen LogP contribution in [0, 0.1) is 0 Å². The van der Waals surface area contributed by atoms with Crippen LogP contribution in [0.25, 0.3) is 10.9 Å². The minimum atomic E-state index is -0.678. The number of nitrogens with zero attached hydrogens (tertiary/aromatic N) is 2. The first-order valence-corrected chi connectivity index (χ1v) is 11.2. The molecule has 26 heavy (non-hydrogen) atoms. The molecule has 7 nitrogen and oxygen atoms in total. The molecule has 8 heteroatoms. The van der Waals surface area contributed by atoms with Gasteiger partial charge in [-0.2, -0.15) is 0 Å². The minimum Gasteiger partial charge on any atom is -0.497 e. The zero-order valence-corrected chi connectivity index (χ0v) is 16.7. The highest BCUT2D eigenvalue weighted by atomic mass is 32.3. The van der Waals surface area contributed by atoms with Crippen molar-refractivity contribution < 1.29 is 19.0 Å². The highest BCUT2D eigenvalue weighted by Crippen LogP contribution is 2.33. The van der Waals surface area contributed by atoms with Gasteiger partial charge in [0, 0.05) is 12.7 Å². The molecule has 0 aliphatic carbocycles. The largest absolute Gasteiger partial charge is 0.497 e. The molecule has 1 heterocycles. The molecular formula is C18H26N2O5S. The van der Waals surface area contributed by atoms with Crippen molar-refractivity contribution in [2.45, 2.75) is 20.3 Å². The van der Waals surface area contributed by atoms with Gasteiger partial charge in [0.15, 0.2) is 5.82 Å². The SMILES string of the molecule is COc1ccc2nc(COC(C)=O)n(COCCS(C)(C)C)c(=O)c2c1. The summed E-state index contributed by atoms with van der Waals surface area (Å²) in [5.74, 6) is 1.44. The summed E-state index contributed by atoms with van der Waals surface area (Å²) in [6.07, 6.45) is 6.62. The Morgan fingerprint density at radius 1 is 1.27 bits per heavy atom. The lowest BCUT2D eigenvalue weighted by molar-refractivity contribution is -0.142. The van der Waals surface area contributed by atoms with Gasteiger partial charge in [-0.15, -0.1) is 0 Å². The van der Waals surface area contributed by atoms with E-state index in [9.17, 15) is 9.59 Å². The van der Waals surface area contributed by atoms with E-state index in [0.29, 0.717) is 29.1 Å². The number of methoxy groups -OCH3 is 1. The number of esters is 1. The van der Waals surface area contributed by atoms with Crippen LogP contribution in [0.2, 0.25) is 0 Å². The topological polar surface area (TPSA) is 79.7 Å². The molecule has 144 valence electrons. The number of benzene rings is 1. The van der Waals surface area contributed by atoms with Crippen LogP contribution in [-0.2, 0) is 27.6 Å². The molecule has 1 aromatic heterocycles. The Hall–Kier alpha value is -2.06. The third kappa shape index (κ3) is 5.47. The standard InChI is InChI=1S/C18H26N2O5S/c1-13(21)25-11-17-19-16-7-6-14(23-2)10-15(16)18(22)20(17)12-24-8-9-26(3,4)5/h6-7,10H,8-9,11-12H2,1-5H3. The molecule has 0 spiro atoms. The third-order valence-corrected chi connectivity index (χ3v) is 5.10. The number of hydrogen-bond acceptors (Lipinski definition) is 6. The fourth-order valence-corrected chi connectivity index (χ4v) is 2.87. The van der Waals surface area contributed by atoms with Crippen molar-refractivity contribution in [3.8, 4) is 5.75 Å². The number of aromatic nitrogens is 2. The van der Waals surface area contributed by atoms with Gasteiger partial charge in [0.05, 0.1) is 24.6 Å². The van der Waals surface area contributed by atoms with Gasteiger partial charge < -0.3 is 14.2 Å². The van der Waals surface area contributed by atoms with Gasteiger partial charge in [-0.25, -0.2) is 15.0 Å². The lowest BCUT2D eigenvalue weighted by atomic mass is 10.2. The Labute approximate surface area is 154 Å². The lowest BCUT2D eigenvalue weighted by Crippen LogP contribution is -2.28. The summed E-state index contributed by atoms with van der Waals surface area (Å²) in [5, 5.41) is 0.431. The van der Waals surface area contributed by atoms with Crippen LogP contribution in [0.15, 0.2) is 23.0 Å². The van der Waals surface area contributed by atoms with E-state index in [-0.39, 0.29) is 18.9 Å². The van der Waals surface area contributed by atoms with Gasteiger partial charge in [0.2, 0.25) is 0 Å². The highest BCUT2D eigenvalue weighted by molar-refractivity contribution is 8.32. The Kier molecular flexibility index (Phi) is 6.66. The van der Waals surface area contributed by atoms with Crippen molar-refractivity contribution in [2.24, 2.45) is 0 Å². The minimum absolute atomic E-state index is 0.0606. The van der Waals surface area contributed by atoms with Gasteiger partial charge in [-0.1, -0.05) is 0 Å². The summed E-state index contributed by atoms with van der Waals surface area (Å²) in [6, 6.07) is 5.09. The molecule has 0 saturated heterocycles. The molecule has 2 rings (SSSR count). The predicted molar refractivity (Wildman–Crippen MR) is 104 cm³/mol. The lowest BCUT2D eigenvalue weighted by Gasteiger charge is -2.24. The second kappa shape index (κ2) is 8.55. The van der Waals surface area contributed by atoms with E-state index >= 15 is 0 Å². The second-order valence-electron chi connectivity index (χ2n) is 6.76. The van der Waals surface area contributed by atoms with E-state index in [1.54, 1.807) is 25.3 Å². The molecule has 0 radical (unpaired) electrons. The molecule has 0 N–H and O–H groups in total. The fourth-order valence-electron chi connectivity index (χ4n) is 2.25. The van der Waals surface area contributed by atoms with Crippen LogP contribution < -0.4 is 10.3 Å². The predicted octanol–water partition coefficient (Wildman–Crippen LogP) is 2.14. The molecule has 0 saturated carbocycles. The van der Waals surface area contributed by atoms with Crippen molar-refractivity contribution >= 4 is 26.9 Å². The Morgan fingerprint density at radius 3 is 2.62 bits per heavy atom. The first-order valence-electron chi connectivity index (χ1n) is 8.16. The van der Waals surface area contributed by atoms with Crippen LogP contribution >= 0.6 is 10.0 Å². The van der Waals surface area contributed by atoms with Crippen molar-refractivity contribution in [3.05, 3.63) is 34.4 Å². The number of fused-ring (bicyclic) bond motifs is 1. The summed E-state index contributed by atoms with van der Waals surface area (Å²) < 4.78 is 17.3. The van der Waals surface area contributed by atoms with Gasteiger partial charge in [0.1, 0.15) is 19.1 Å². The maximum atomic E-state index is 12.9. The molecule has 1 aromatic carbocycles. The number of rotatable bonds is 8. The molecule has 0 atom stereocenters. The first kappa shape index (κ1) is 20.3. The van der Waals surface area contributed by atoms with Crippen LogP contribution in [-0.4, -0.2) is 53.8 Å². The summed E-state index contributed by atoms with van der Waals surface area (Å²) >= 11 is 0. The summed E-state index contributed by atoms with van der Waals surface area (Å²) in [6.45, 7) is 1.84. The summed E-state index contributed by atoms with van der Waals surface area (Å²) in [5.41, 5.74) is 0.271. The van der Waals surface area contributed by atoms with E-state index in [0.717, 1.165) is 5.75 Å². The number of ether oxygens (including phenoxy) is 3. The quantitative estimate of drug-likeness (QED) is 0.514. The normalized spacial score (nSPS) is 12.2. The van der Waals surface area contributed by atoms with Gasteiger partial charge >= 0.3 is 5.97 Å². The van der Waals surface area contributed by atoms with Gasteiger partial charge in [-0.05, 0) is 37.0 Å². The van der Waals surface area contributed by atoms with Crippen LogP contribution in [0.1, 0.15) is 12.7 Å². The zero-order chi connectivity index (χ0) is 19.3. The van der Waals surface area contributed by atoms with Crippen molar-refractivity contribution in [1.29, 1.82) is 0 Å². The smallest absolute Gasteiger partial charge is 0.303 e. The number of carbonyl (C=O) groups is 1. The Bertz CT molecular complexity index is 842. The monoisotopic (exact) mass is 382 g/mol. The molecule has 0 amide bonds. The van der Waals surface area contributed by atoms with Crippen molar-refractivity contribution in [1.82, 2.24) is 9.55 Å². The van der Waals surface area contributed by atoms with E-state index in [1.807, 2.05) is 0 Å². The van der Waals surface area contributed by atoms with Gasteiger partial charge in [0.25, 0.3) is 5.56 Å². The molecule has 0 bridgehead atoms. The summed E-state index contributed by atoms with van der Waals surface area (Å²) in [7, 11) is 0.864. The van der Waals surface area contributed by atoms with Crippen molar-refractivity contribution in [3.63, 3.8) is 0 Å². The van der Waals surface area contributed by atoms with Crippen LogP contribution in [0.5, 0.6) is 5.75 Å². The van der Waals surface area contributed by atoms with Gasteiger partial charge in [-0.3, -0.25) is 14.2 Å². The molecule has 0 unspecified atom stereocenters. The average Bonchev–Trinajstić information content (AvgIpc) is 2.57. The molecule has 2 aromatic rings. The molecular weight excluding hydrogens is 356 g/mol. The van der Waals surface area contributed by atoms with E-state index < -0.39 is 16.0 Å².